The molecule has 0 heteroatoms. The number of rotatable bonds is 6. The maximum atomic E-state index is 2.45. The number of hydrogen-bond donors (Lipinski definition) is 0. The molecule has 0 aliphatic heterocycles. The first kappa shape index (κ1) is 19.3. The molecule has 0 aliphatic rings. The molecule has 0 radical (unpaired) electrons. The highest BCUT2D eigenvalue weighted by Gasteiger charge is 2.12. The summed E-state index contributed by atoms with van der Waals surface area (Å²) in [4.78, 5) is 0. The van der Waals surface area contributed by atoms with Gasteiger partial charge in [-0.2, -0.15) is 0 Å². The van der Waals surface area contributed by atoms with Crippen LogP contribution in [0.25, 0.3) is 0 Å². The van der Waals surface area contributed by atoms with Gasteiger partial charge in [-0.1, -0.05) is 53.7 Å². The molecule has 0 atom stereocenters. The third-order valence-electron chi connectivity index (χ3n) is 4.54. The number of hydrogen-bond acceptors (Lipinski definition) is 0. The standard InChI is InChI=1S/C22H38/c1-17-15-20(12-10-14-22(6,7)8)18(2)16-19(17)11-9-13-21(3,4)5/h15-16H,9-14H2,1-8H3. The molecule has 0 saturated carbocycles. The normalized spacial score (nSPS) is 12.7. The van der Waals surface area contributed by atoms with Crippen molar-refractivity contribution >= 4 is 0 Å². The maximum absolute atomic E-state index is 2.45. The van der Waals surface area contributed by atoms with Crippen LogP contribution in [0.4, 0.5) is 0 Å². The predicted octanol–water partition coefficient (Wildman–Crippen LogP) is 7.04. The molecule has 1 aromatic carbocycles. The van der Waals surface area contributed by atoms with Gasteiger partial charge in [-0.25, -0.2) is 0 Å². The lowest BCUT2D eigenvalue weighted by atomic mass is 9.86. The Labute approximate surface area is 139 Å². The van der Waals surface area contributed by atoms with Crippen molar-refractivity contribution in [3.05, 3.63) is 34.4 Å². The first-order chi connectivity index (χ1) is 9.98. The van der Waals surface area contributed by atoms with Crippen molar-refractivity contribution in [2.75, 3.05) is 0 Å². The van der Waals surface area contributed by atoms with E-state index >= 15 is 0 Å². The molecular weight excluding hydrogens is 264 g/mol. The minimum absolute atomic E-state index is 0.454. The Morgan fingerprint density at radius 3 is 1.23 bits per heavy atom. The molecule has 0 spiro atoms. The van der Waals surface area contributed by atoms with Crippen LogP contribution >= 0.6 is 0 Å². The molecule has 0 bridgehead atoms. The number of benzene rings is 1. The molecule has 0 N–H and O–H groups in total. The van der Waals surface area contributed by atoms with Gasteiger partial charge in [-0.05, 0) is 85.5 Å². The highest BCUT2D eigenvalue weighted by atomic mass is 14.2. The van der Waals surface area contributed by atoms with E-state index in [1.807, 2.05) is 0 Å². The van der Waals surface area contributed by atoms with Crippen LogP contribution < -0.4 is 0 Å². The van der Waals surface area contributed by atoms with Crippen LogP contribution in [0.5, 0.6) is 0 Å². The first-order valence-electron chi connectivity index (χ1n) is 9.07. The Kier molecular flexibility index (Phi) is 6.71. The Morgan fingerprint density at radius 1 is 0.636 bits per heavy atom. The molecule has 126 valence electrons. The van der Waals surface area contributed by atoms with Gasteiger partial charge in [0.1, 0.15) is 0 Å². The van der Waals surface area contributed by atoms with Gasteiger partial charge in [0.2, 0.25) is 0 Å². The lowest BCUT2D eigenvalue weighted by Crippen LogP contribution is -2.06. The van der Waals surface area contributed by atoms with Gasteiger partial charge in [0.15, 0.2) is 0 Å². The SMILES string of the molecule is Cc1cc(CCCC(C)(C)C)c(C)cc1CCCC(C)(C)C. The third kappa shape index (κ3) is 7.47. The molecule has 1 rings (SSSR count). The summed E-state index contributed by atoms with van der Waals surface area (Å²) in [6.07, 6.45) is 7.66. The van der Waals surface area contributed by atoms with E-state index in [2.05, 4.69) is 67.5 Å². The molecule has 0 heterocycles. The third-order valence-corrected chi connectivity index (χ3v) is 4.54. The van der Waals surface area contributed by atoms with E-state index < -0.39 is 0 Å². The van der Waals surface area contributed by atoms with Crippen LogP contribution in [0.1, 0.15) is 89.5 Å². The molecule has 0 fully saturated rings. The highest BCUT2D eigenvalue weighted by molar-refractivity contribution is 5.37. The summed E-state index contributed by atoms with van der Waals surface area (Å²) < 4.78 is 0. The minimum Gasteiger partial charge on any atom is -0.0602 e. The smallest absolute Gasteiger partial charge is 0.0276 e. The van der Waals surface area contributed by atoms with E-state index in [1.165, 1.54) is 49.7 Å². The zero-order chi connectivity index (χ0) is 17.0. The van der Waals surface area contributed by atoms with Crippen LogP contribution in [-0.4, -0.2) is 0 Å². The van der Waals surface area contributed by atoms with Crippen LogP contribution in [0.3, 0.4) is 0 Å². The maximum Gasteiger partial charge on any atom is -0.0276 e. The molecule has 0 unspecified atom stereocenters. The zero-order valence-electron chi connectivity index (χ0n) is 16.4. The van der Waals surface area contributed by atoms with Gasteiger partial charge in [-0.15, -0.1) is 0 Å². The molecule has 1 aromatic rings. The second-order valence-corrected chi connectivity index (χ2v) is 9.53. The van der Waals surface area contributed by atoms with Gasteiger partial charge >= 0.3 is 0 Å². The van der Waals surface area contributed by atoms with E-state index in [4.69, 9.17) is 0 Å². The lowest BCUT2D eigenvalue weighted by molar-refractivity contribution is 0.364. The van der Waals surface area contributed by atoms with Crippen molar-refractivity contribution in [1.82, 2.24) is 0 Å². The van der Waals surface area contributed by atoms with Crippen molar-refractivity contribution in [3.8, 4) is 0 Å². The van der Waals surface area contributed by atoms with Crippen molar-refractivity contribution in [2.24, 2.45) is 10.8 Å². The average molecular weight is 303 g/mol. The monoisotopic (exact) mass is 302 g/mol. The topological polar surface area (TPSA) is 0 Å². The van der Waals surface area contributed by atoms with Gasteiger partial charge < -0.3 is 0 Å². The lowest BCUT2D eigenvalue weighted by Gasteiger charge is -2.20. The Morgan fingerprint density at radius 2 is 0.955 bits per heavy atom. The average Bonchev–Trinajstić information content (AvgIpc) is 2.31. The van der Waals surface area contributed by atoms with E-state index in [0.29, 0.717) is 10.8 Å². The summed E-state index contributed by atoms with van der Waals surface area (Å²) in [6, 6.07) is 4.90. The quantitative estimate of drug-likeness (QED) is 0.528. The fourth-order valence-corrected chi connectivity index (χ4v) is 3.09. The largest absolute Gasteiger partial charge is 0.0602 e. The van der Waals surface area contributed by atoms with Gasteiger partial charge in [0, 0.05) is 0 Å². The van der Waals surface area contributed by atoms with Gasteiger partial charge in [0.05, 0.1) is 0 Å². The van der Waals surface area contributed by atoms with E-state index in [1.54, 1.807) is 11.1 Å². The molecular formula is C22H38. The van der Waals surface area contributed by atoms with E-state index in [-0.39, 0.29) is 0 Å². The first-order valence-corrected chi connectivity index (χ1v) is 9.07. The van der Waals surface area contributed by atoms with E-state index in [0.717, 1.165) is 0 Å². The summed E-state index contributed by atoms with van der Waals surface area (Å²) in [6.45, 7) is 18.6. The Balaban J connectivity index is 2.63. The second-order valence-electron chi connectivity index (χ2n) is 9.53. The molecule has 0 aliphatic carbocycles. The summed E-state index contributed by atoms with van der Waals surface area (Å²) in [5.74, 6) is 0. The zero-order valence-corrected chi connectivity index (χ0v) is 16.4. The molecule has 22 heavy (non-hydrogen) atoms. The van der Waals surface area contributed by atoms with Gasteiger partial charge in [-0.3, -0.25) is 0 Å². The number of aryl methyl sites for hydroxylation is 4. The predicted molar refractivity (Wildman–Crippen MR) is 101 cm³/mol. The second kappa shape index (κ2) is 7.66. The molecule has 0 aromatic heterocycles. The van der Waals surface area contributed by atoms with Crippen LogP contribution in [-0.2, 0) is 12.8 Å². The summed E-state index contributed by atoms with van der Waals surface area (Å²) in [7, 11) is 0. The van der Waals surface area contributed by atoms with Crippen LogP contribution in [0.15, 0.2) is 12.1 Å². The minimum atomic E-state index is 0.454. The van der Waals surface area contributed by atoms with Crippen molar-refractivity contribution in [3.63, 3.8) is 0 Å². The van der Waals surface area contributed by atoms with Crippen LogP contribution in [0.2, 0.25) is 0 Å². The molecule has 0 saturated heterocycles. The van der Waals surface area contributed by atoms with E-state index in [9.17, 15) is 0 Å². The van der Waals surface area contributed by atoms with Crippen molar-refractivity contribution in [1.29, 1.82) is 0 Å². The Bertz CT molecular complexity index is 420. The summed E-state index contributed by atoms with van der Waals surface area (Å²) in [5.41, 5.74) is 7.00. The Hall–Kier alpha value is -0.780. The molecule has 0 nitrogen and oxygen atoms in total. The van der Waals surface area contributed by atoms with Gasteiger partial charge in [0.25, 0.3) is 0 Å². The van der Waals surface area contributed by atoms with Crippen molar-refractivity contribution in [2.45, 2.75) is 93.9 Å². The highest BCUT2D eigenvalue weighted by Crippen LogP contribution is 2.26. The fraction of sp³-hybridized carbons (Fsp3) is 0.727. The molecule has 0 amide bonds. The van der Waals surface area contributed by atoms with Crippen LogP contribution in [0, 0.1) is 24.7 Å². The summed E-state index contributed by atoms with van der Waals surface area (Å²) >= 11 is 0. The van der Waals surface area contributed by atoms with Crippen molar-refractivity contribution < 1.29 is 0 Å². The fourth-order valence-electron chi connectivity index (χ4n) is 3.09. The summed E-state index contributed by atoms with van der Waals surface area (Å²) in [5, 5.41) is 0.